The van der Waals surface area contributed by atoms with Crippen molar-refractivity contribution < 1.29 is 22.8 Å². The van der Waals surface area contributed by atoms with E-state index >= 15 is 0 Å². The lowest BCUT2D eigenvalue weighted by Gasteiger charge is -2.14. The van der Waals surface area contributed by atoms with Gasteiger partial charge in [-0.2, -0.15) is 0 Å². The van der Waals surface area contributed by atoms with Crippen LogP contribution in [-0.4, -0.2) is 11.8 Å². The van der Waals surface area contributed by atoms with Gasteiger partial charge in [0.1, 0.15) is 0 Å². The topological polar surface area (TPSA) is 71.3 Å². The molecule has 8 heteroatoms. The monoisotopic (exact) mass is 390 g/mol. The van der Waals surface area contributed by atoms with Crippen LogP contribution in [0.1, 0.15) is 44.3 Å². The molecule has 2 aromatic heterocycles. The molecule has 0 radical (unpaired) electrons. The zero-order valence-corrected chi connectivity index (χ0v) is 15.3. The number of carbonyl (C=O) groups excluding carboxylic acids is 2. The molecule has 2 N–H and O–H groups in total. The highest BCUT2D eigenvalue weighted by Gasteiger charge is 2.19. The summed E-state index contributed by atoms with van der Waals surface area (Å²) >= 11 is 1.12. The van der Waals surface area contributed by atoms with Gasteiger partial charge in [0.15, 0.2) is 17.4 Å². The average Bonchev–Trinajstić information content (AvgIpc) is 3.27. The molecule has 2 amide bonds. The van der Waals surface area contributed by atoms with Crippen molar-refractivity contribution in [2.24, 2.45) is 0 Å². The smallest absolute Gasteiger partial charge is 0.291 e. The Balaban J connectivity index is 1.70. The minimum absolute atomic E-state index is 0.166. The van der Waals surface area contributed by atoms with Gasteiger partial charge in [-0.1, -0.05) is 6.07 Å². The lowest BCUT2D eigenvalue weighted by molar-refractivity contribution is 0.0942. The zero-order valence-electron chi connectivity index (χ0n) is 14.5. The minimum atomic E-state index is -0.969. The summed E-state index contributed by atoms with van der Waals surface area (Å²) in [6.45, 7) is 3.42. The Morgan fingerprint density at radius 3 is 2.56 bits per heavy atom. The third-order valence-corrected chi connectivity index (χ3v) is 5.05. The van der Waals surface area contributed by atoms with Crippen LogP contribution in [0.5, 0.6) is 0 Å². The standard InChI is InChI=1S/C19H16F2N2O3S/c1-10-8-16(23-18(24)15-4-3-7-26-15)27-17(10)19(25)22-11(2)12-5-6-13(20)14(21)9-12/h3-9,11H,1-2H3,(H,22,25)(H,23,24)/t11-/m1/s1. The van der Waals surface area contributed by atoms with Gasteiger partial charge in [0, 0.05) is 0 Å². The Bertz CT molecular complexity index is 983. The Labute approximate surface area is 158 Å². The normalized spacial score (nSPS) is 11.9. The summed E-state index contributed by atoms with van der Waals surface area (Å²) in [5.74, 6) is -2.53. The van der Waals surface area contributed by atoms with Crippen LogP contribution in [-0.2, 0) is 0 Å². The van der Waals surface area contributed by atoms with E-state index in [1.807, 2.05) is 0 Å². The van der Waals surface area contributed by atoms with Crippen molar-refractivity contribution in [2.45, 2.75) is 19.9 Å². The molecule has 5 nitrogen and oxygen atoms in total. The second-order valence-corrected chi connectivity index (χ2v) is 6.98. The van der Waals surface area contributed by atoms with E-state index in [1.54, 1.807) is 26.0 Å². The number of rotatable bonds is 5. The summed E-state index contributed by atoms with van der Waals surface area (Å²) < 4.78 is 31.4. The first kappa shape index (κ1) is 18.8. The number of anilines is 1. The predicted molar refractivity (Wildman–Crippen MR) is 98.0 cm³/mol. The number of nitrogens with one attached hydrogen (secondary N) is 2. The molecular weight excluding hydrogens is 374 g/mol. The number of thiophene rings is 1. The highest BCUT2D eigenvalue weighted by Crippen LogP contribution is 2.28. The van der Waals surface area contributed by atoms with Crippen molar-refractivity contribution in [1.82, 2.24) is 5.32 Å². The van der Waals surface area contributed by atoms with Crippen LogP contribution in [0.4, 0.5) is 13.8 Å². The van der Waals surface area contributed by atoms with Crippen molar-refractivity contribution in [1.29, 1.82) is 0 Å². The Morgan fingerprint density at radius 2 is 1.89 bits per heavy atom. The van der Waals surface area contributed by atoms with Gasteiger partial charge in [-0.25, -0.2) is 8.78 Å². The van der Waals surface area contributed by atoms with Gasteiger partial charge in [-0.15, -0.1) is 11.3 Å². The molecule has 0 unspecified atom stereocenters. The number of furan rings is 1. The van der Waals surface area contributed by atoms with Gasteiger partial charge in [0.05, 0.1) is 22.2 Å². The van der Waals surface area contributed by atoms with Gasteiger partial charge in [0.2, 0.25) is 0 Å². The molecule has 0 aliphatic heterocycles. The fourth-order valence-electron chi connectivity index (χ4n) is 2.48. The Kier molecular flexibility index (Phi) is 5.36. The molecule has 0 bridgehead atoms. The largest absolute Gasteiger partial charge is 0.459 e. The maximum absolute atomic E-state index is 13.4. The van der Waals surface area contributed by atoms with Crippen LogP contribution < -0.4 is 10.6 Å². The molecule has 140 valence electrons. The summed E-state index contributed by atoms with van der Waals surface area (Å²) in [7, 11) is 0. The average molecular weight is 390 g/mol. The van der Waals surface area contributed by atoms with Crippen LogP contribution in [0.3, 0.4) is 0 Å². The summed E-state index contributed by atoms with van der Waals surface area (Å²) in [5, 5.41) is 5.92. The highest BCUT2D eigenvalue weighted by molar-refractivity contribution is 7.18. The fraction of sp³-hybridized carbons (Fsp3) is 0.158. The third-order valence-electron chi connectivity index (χ3n) is 3.90. The molecular formula is C19H16F2N2O3S. The number of hydrogen-bond donors (Lipinski definition) is 2. The van der Waals surface area contributed by atoms with Crippen LogP contribution >= 0.6 is 11.3 Å². The van der Waals surface area contributed by atoms with Gasteiger partial charge < -0.3 is 15.1 Å². The third kappa shape index (κ3) is 4.22. The molecule has 0 aliphatic carbocycles. The molecule has 0 spiro atoms. The van der Waals surface area contributed by atoms with E-state index in [9.17, 15) is 18.4 Å². The molecule has 3 aromatic rings. The number of halogens is 2. The van der Waals surface area contributed by atoms with E-state index in [0.717, 1.165) is 23.5 Å². The lowest BCUT2D eigenvalue weighted by Crippen LogP contribution is -2.26. The predicted octanol–water partition coefficient (Wildman–Crippen LogP) is 4.67. The molecule has 2 heterocycles. The maximum atomic E-state index is 13.4. The number of aryl methyl sites for hydroxylation is 1. The van der Waals surface area contributed by atoms with E-state index in [-0.39, 0.29) is 11.7 Å². The highest BCUT2D eigenvalue weighted by atomic mass is 32.1. The Hall–Kier alpha value is -3.00. The second-order valence-electron chi connectivity index (χ2n) is 5.92. The molecule has 3 rings (SSSR count). The Morgan fingerprint density at radius 1 is 1.11 bits per heavy atom. The summed E-state index contributed by atoms with van der Waals surface area (Å²) in [6, 6.07) is 7.79. The lowest BCUT2D eigenvalue weighted by atomic mass is 10.1. The summed E-state index contributed by atoms with van der Waals surface area (Å²) in [4.78, 5) is 25.0. The first-order chi connectivity index (χ1) is 12.8. The van der Waals surface area contributed by atoms with Crippen LogP contribution in [0.15, 0.2) is 47.1 Å². The summed E-state index contributed by atoms with van der Waals surface area (Å²) in [6.07, 6.45) is 1.40. The number of hydrogen-bond acceptors (Lipinski definition) is 4. The molecule has 1 aromatic carbocycles. The molecule has 0 fully saturated rings. The molecule has 0 saturated heterocycles. The second kappa shape index (κ2) is 7.71. The molecule has 0 aliphatic rings. The van der Waals surface area contributed by atoms with Gasteiger partial charge in [0.25, 0.3) is 11.8 Å². The van der Waals surface area contributed by atoms with E-state index in [0.29, 0.717) is 21.0 Å². The quantitative estimate of drug-likeness (QED) is 0.665. The van der Waals surface area contributed by atoms with Crippen molar-refractivity contribution in [3.05, 3.63) is 76.1 Å². The number of benzene rings is 1. The molecule has 0 saturated carbocycles. The van der Waals surface area contributed by atoms with Crippen LogP contribution in [0.2, 0.25) is 0 Å². The van der Waals surface area contributed by atoms with Crippen molar-refractivity contribution in [3.63, 3.8) is 0 Å². The van der Waals surface area contributed by atoms with Crippen molar-refractivity contribution in [3.8, 4) is 0 Å². The zero-order chi connectivity index (χ0) is 19.6. The number of carbonyl (C=O) groups is 2. The van der Waals surface area contributed by atoms with Crippen molar-refractivity contribution >= 4 is 28.2 Å². The van der Waals surface area contributed by atoms with Gasteiger partial charge in [-0.05, 0) is 55.3 Å². The maximum Gasteiger partial charge on any atom is 0.291 e. The van der Waals surface area contributed by atoms with E-state index < -0.39 is 23.6 Å². The van der Waals surface area contributed by atoms with E-state index in [2.05, 4.69) is 10.6 Å². The van der Waals surface area contributed by atoms with Crippen molar-refractivity contribution in [2.75, 3.05) is 5.32 Å². The summed E-state index contributed by atoms with van der Waals surface area (Å²) in [5.41, 5.74) is 1.13. The fourth-order valence-corrected chi connectivity index (χ4v) is 3.45. The molecule has 1 atom stereocenters. The van der Waals surface area contributed by atoms with Gasteiger partial charge in [-0.3, -0.25) is 9.59 Å². The van der Waals surface area contributed by atoms with Crippen LogP contribution in [0.25, 0.3) is 0 Å². The van der Waals surface area contributed by atoms with Crippen LogP contribution in [0, 0.1) is 18.6 Å². The number of amides is 2. The van der Waals surface area contributed by atoms with E-state index in [1.165, 1.54) is 18.4 Å². The SMILES string of the molecule is Cc1cc(NC(=O)c2ccco2)sc1C(=O)N[C@H](C)c1ccc(F)c(F)c1. The first-order valence-corrected chi connectivity index (χ1v) is 8.88. The first-order valence-electron chi connectivity index (χ1n) is 8.06. The minimum Gasteiger partial charge on any atom is -0.459 e. The van der Waals surface area contributed by atoms with Gasteiger partial charge >= 0.3 is 0 Å². The molecule has 27 heavy (non-hydrogen) atoms. The van der Waals surface area contributed by atoms with E-state index in [4.69, 9.17) is 4.42 Å².